The Bertz CT molecular complexity index is 1610. The zero-order chi connectivity index (χ0) is 25.8. The number of nitrogens with zero attached hydrogens (tertiary/aromatic N) is 3. The third-order valence-electron chi connectivity index (χ3n) is 6.69. The zero-order valence-electron chi connectivity index (χ0n) is 21.0. The van der Waals surface area contributed by atoms with Crippen molar-refractivity contribution in [3.63, 3.8) is 0 Å². The molecule has 1 amide bonds. The predicted octanol–water partition coefficient (Wildman–Crippen LogP) is 5.78. The van der Waals surface area contributed by atoms with Gasteiger partial charge in [0.2, 0.25) is 0 Å². The first-order chi connectivity index (χ1) is 18.1. The number of methoxy groups -OCH3 is 1. The fourth-order valence-electron chi connectivity index (χ4n) is 4.90. The van der Waals surface area contributed by atoms with Crippen LogP contribution in [-0.2, 0) is 4.74 Å². The van der Waals surface area contributed by atoms with Gasteiger partial charge >= 0.3 is 0 Å². The van der Waals surface area contributed by atoms with Crippen LogP contribution in [0.3, 0.4) is 0 Å². The second kappa shape index (κ2) is 10.8. The monoisotopic (exact) mass is 491 g/mol. The zero-order valence-corrected chi connectivity index (χ0v) is 21.0. The number of amides is 1. The SMILES string of the molecule is CCC(c1nc2ccccc2c(=O)n1-c1ccccc1)N(CCOC)C(=O)c1cccc2ccccc12. The van der Waals surface area contributed by atoms with Crippen molar-refractivity contribution >= 4 is 27.6 Å². The Balaban J connectivity index is 1.72. The summed E-state index contributed by atoms with van der Waals surface area (Å²) >= 11 is 0. The lowest BCUT2D eigenvalue weighted by atomic mass is 10.0. The summed E-state index contributed by atoms with van der Waals surface area (Å²) in [4.78, 5) is 34.8. The molecule has 0 spiro atoms. The number of aromatic nitrogens is 2. The van der Waals surface area contributed by atoms with Crippen LogP contribution in [-0.4, -0.2) is 40.6 Å². The van der Waals surface area contributed by atoms with Crippen LogP contribution in [0.5, 0.6) is 0 Å². The van der Waals surface area contributed by atoms with Crippen molar-refractivity contribution in [3.8, 4) is 5.69 Å². The highest BCUT2D eigenvalue weighted by atomic mass is 16.5. The van der Waals surface area contributed by atoms with Gasteiger partial charge in [-0.15, -0.1) is 0 Å². The fraction of sp³-hybridized carbons (Fsp3) is 0.194. The normalized spacial score (nSPS) is 12.1. The lowest BCUT2D eigenvalue weighted by molar-refractivity contribution is 0.0581. The van der Waals surface area contributed by atoms with Crippen LogP contribution in [0, 0.1) is 0 Å². The Hall–Kier alpha value is -4.29. The molecule has 0 saturated carbocycles. The molecule has 1 unspecified atom stereocenters. The largest absolute Gasteiger partial charge is 0.383 e. The molecule has 4 aromatic carbocycles. The number of hydrogen-bond donors (Lipinski definition) is 0. The number of ether oxygens (including phenoxy) is 1. The van der Waals surface area contributed by atoms with Crippen LogP contribution in [0.4, 0.5) is 0 Å². The Kier molecular flexibility index (Phi) is 7.10. The van der Waals surface area contributed by atoms with Crippen molar-refractivity contribution in [2.45, 2.75) is 19.4 Å². The molecular formula is C31H29N3O3. The third-order valence-corrected chi connectivity index (χ3v) is 6.69. The molecule has 1 aromatic heterocycles. The molecular weight excluding hydrogens is 462 g/mol. The molecule has 186 valence electrons. The first kappa shape index (κ1) is 24.4. The third kappa shape index (κ3) is 4.63. The van der Waals surface area contributed by atoms with Gasteiger partial charge in [-0.05, 0) is 47.5 Å². The topological polar surface area (TPSA) is 64.4 Å². The smallest absolute Gasteiger partial charge is 0.266 e. The average Bonchev–Trinajstić information content (AvgIpc) is 2.95. The van der Waals surface area contributed by atoms with Gasteiger partial charge in [-0.3, -0.25) is 14.2 Å². The van der Waals surface area contributed by atoms with E-state index in [1.807, 2.05) is 97.9 Å². The summed E-state index contributed by atoms with van der Waals surface area (Å²) in [6.45, 7) is 2.72. The molecule has 0 fully saturated rings. The molecule has 5 rings (SSSR count). The van der Waals surface area contributed by atoms with Crippen molar-refractivity contribution in [1.29, 1.82) is 0 Å². The molecule has 37 heavy (non-hydrogen) atoms. The van der Waals surface area contributed by atoms with Crippen molar-refractivity contribution < 1.29 is 9.53 Å². The highest BCUT2D eigenvalue weighted by Gasteiger charge is 2.30. The molecule has 1 heterocycles. The Morgan fingerprint density at radius 2 is 1.57 bits per heavy atom. The summed E-state index contributed by atoms with van der Waals surface area (Å²) in [5.74, 6) is 0.407. The molecule has 0 N–H and O–H groups in total. The minimum absolute atomic E-state index is 0.122. The number of para-hydroxylation sites is 2. The van der Waals surface area contributed by atoms with E-state index in [0.717, 1.165) is 10.8 Å². The summed E-state index contributed by atoms with van der Waals surface area (Å²) in [6, 6.07) is 30.0. The summed E-state index contributed by atoms with van der Waals surface area (Å²) in [5.41, 5.74) is 1.78. The van der Waals surface area contributed by atoms with E-state index in [4.69, 9.17) is 9.72 Å². The van der Waals surface area contributed by atoms with Crippen LogP contribution in [0.15, 0.2) is 102 Å². The fourth-order valence-corrected chi connectivity index (χ4v) is 4.90. The minimum atomic E-state index is -0.459. The number of hydrogen-bond acceptors (Lipinski definition) is 4. The second-order valence-electron chi connectivity index (χ2n) is 8.91. The molecule has 0 aliphatic rings. The molecule has 0 aliphatic carbocycles. The molecule has 1 atom stereocenters. The van der Waals surface area contributed by atoms with E-state index in [1.54, 1.807) is 22.6 Å². The van der Waals surface area contributed by atoms with Gasteiger partial charge in [-0.1, -0.05) is 73.7 Å². The quantitative estimate of drug-likeness (QED) is 0.276. The van der Waals surface area contributed by atoms with Crippen molar-refractivity contribution in [1.82, 2.24) is 14.5 Å². The van der Waals surface area contributed by atoms with E-state index < -0.39 is 6.04 Å². The van der Waals surface area contributed by atoms with Crippen LogP contribution < -0.4 is 5.56 Å². The molecule has 0 saturated heterocycles. The van der Waals surface area contributed by atoms with E-state index >= 15 is 0 Å². The van der Waals surface area contributed by atoms with Crippen molar-refractivity contribution in [3.05, 3.63) is 119 Å². The van der Waals surface area contributed by atoms with E-state index in [1.165, 1.54) is 0 Å². The van der Waals surface area contributed by atoms with Crippen LogP contribution >= 0.6 is 0 Å². The maximum atomic E-state index is 14.2. The van der Waals surface area contributed by atoms with Gasteiger partial charge in [0.1, 0.15) is 5.82 Å². The lowest BCUT2D eigenvalue weighted by Gasteiger charge is -2.32. The van der Waals surface area contributed by atoms with Gasteiger partial charge in [0.05, 0.1) is 29.2 Å². The van der Waals surface area contributed by atoms with E-state index in [0.29, 0.717) is 47.6 Å². The summed E-state index contributed by atoms with van der Waals surface area (Å²) in [7, 11) is 1.62. The number of fused-ring (bicyclic) bond motifs is 2. The van der Waals surface area contributed by atoms with Gasteiger partial charge < -0.3 is 9.64 Å². The minimum Gasteiger partial charge on any atom is -0.383 e. The van der Waals surface area contributed by atoms with E-state index in [-0.39, 0.29) is 11.5 Å². The Morgan fingerprint density at radius 1 is 0.892 bits per heavy atom. The van der Waals surface area contributed by atoms with Crippen molar-refractivity contribution in [2.24, 2.45) is 0 Å². The second-order valence-corrected chi connectivity index (χ2v) is 8.91. The number of benzene rings is 4. The standard InChI is InChI=1S/C31H29N3O3/c1-3-28(33(20-21-37-2)30(35)25-18-11-13-22-12-7-8-16-24(22)25)29-32-27-19-10-9-17-26(27)31(36)34(29)23-14-5-4-6-15-23/h4-19,28H,3,20-21H2,1-2H3. The van der Waals surface area contributed by atoms with Gasteiger partial charge in [0.15, 0.2) is 0 Å². The van der Waals surface area contributed by atoms with Crippen LogP contribution in [0.25, 0.3) is 27.4 Å². The molecule has 6 heteroatoms. The predicted molar refractivity (Wildman–Crippen MR) is 147 cm³/mol. The van der Waals surface area contributed by atoms with Gasteiger partial charge in [0.25, 0.3) is 11.5 Å². The summed E-state index contributed by atoms with van der Waals surface area (Å²) < 4.78 is 7.05. The first-order valence-electron chi connectivity index (χ1n) is 12.5. The van der Waals surface area contributed by atoms with Gasteiger partial charge in [-0.2, -0.15) is 0 Å². The molecule has 0 bridgehead atoms. The maximum Gasteiger partial charge on any atom is 0.266 e. The highest BCUT2D eigenvalue weighted by Crippen LogP contribution is 2.29. The lowest BCUT2D eigenvalue weighted by Crippen LogP contribution is -2.40. The molecule has 0 aliphatic heterocycles. The van der Waals surface area contributed by atoms with E-state index in [2.05, 4.69) is 0 Å². The number of carbonyl (C=O) groups is 1. The number of carbonyl (C=O) groups excluding carboxylic acids is 1. The summed E-state index contributed by atoms with van der Waals surface area (Å²) in [5, 5.41) is 2.42. The Labute approximate surface area is 215 Å². The van der Waals surface area contributed by atoms with Crippen molar-refractivity contribution in [2.75, 3.05) is 20.3 Å². The van der Waals surface area contributed by atoms with Gasteiger partial charge in [0, 0.05) is 19.2 Å². The number of rotatable bonds is 8. The maximum absolute atomic E-state index is 14.2. The van der Waals surface area contributed by atoms with Crippen LogP contribution in [0.2, 0.25) is 0 Å². The molecule has 6 nitrogen and oxygen atoms in total. The van der Waals surface area contributed by atoms with Gasteiger partial charge in [-0.25, -0.2) is 4.98 Å². The molecule has 0 radical (unpaired) electrons. The summed E-state index contributed by atoms with van der Waals surface area (Å²) in [6.07, 6.45) is 0.567. The molecule has 5 aromatic rings. The van der Waals surface area contributed by atoms with Crippen LogP contribution in [0.1, 0.15) is 35.6 Å². The first-order valence-corrected chi connectivity index (χ1v) is 12.5. The Morgan fingerprint density at radius 3 is 2.32 bits per heavy atom. The highest BCUT2D eigenvalue weighted by molar-refractivity contribution is 6.07. The average molecular weight is 492 g/mol. The van der Waals surface area contributed by atoms with E-state index in [9.17, 15) is 9.59 Å².